The van der Waals surface area contributed by atoms with Crippen LogP contribution >= 0.6 is 0 Å². The predicted octanol–water partition coefficient (Wildman–Crippen LogP) is 12.3. The van der Waals surface area contributed by atoms with Crippen LogP contribution in [0.4, 0.5) is 0 Å². The first-order chi connectivity index (χ1) is 26.3. The van der Waals surface area contributed by atoms with E-state index < -0.39 is 0 Å². The highest BCUT2D eigenvalue weighted by atomic mass is 16.3. The first-order valence-corrected chi connectivity index (χ1v) is 17.6. The normalized spacial score (nSPS) is 11.4. The van der Waals surface area contributed by atoms with Crippen LogP contribution in [0, 0.1) is 0 Å². The SMILES string of the molecule is c1ccc(-c2cccc(-c3nc(-c4ccc(-c5ccccc5)c5ccccc45)nc(-c4cccc5ccc6nc(-c7ccccc7)oc6c45)n3)c2)cc1. The van der Waals surface area contributed by atoms with Crippen molar-refractivity contribution >= 4 is 32.6 Å². The minimum atomic E-state index is 0.557. The molecule has 10 rings (SSSR count). The van der Waals surface area contributed by atoms with Crippen molar-refractivity contribution in [2.24, 2.45) is 0 Å². The summed E-state index contributed by atoms with van der Waals surface area (Å²) in [6.45, 7) is 0. The van der Waals surface area contributed by atoms with Crippen LogP contribution in [0.5, 0.6) is 0 Å². The molecule has 8 aromatic carbocycles. The standard InChI is InChI=1S/C48H30N4O/c1-4-14-31(15-5-1)35-21-12-22-36(30-35)45-50-46(40-28-27-37(32-16-6-2-7-17-32)38-23-10-11-24-39(38)40)52-47(51-45)41-25-13-20-33-26-29-42-44(43(33)41)53-48(49-42)34-18-8-3-9-19-34/h1-30H. The molecule has 0 saturated heterocycles. The van der Waals surface area contributed by atoms with E-state index in [9.17, 15) is 0 Å². The second-order valence-electron chi connectivity index (χ2n) is 13.0. The molecule has 0 fully saturated rings. The van der Waals surface area contributed by atoms with Crippen LogP contribution in [0.3, 0.4) is 0 Å². The van der Waals surface area contributed by atoms with Gasteiger partial charge in [0.1, 0.15) is 5.52 Å². The quantitative estimate of drug-likeness (QED) is 0.175. The lowest BCUT2D eigenvalue weighted by Crippen LogP contribution is -2.01. The summed E-state index contributed by atoms with van der Waals surface area (Å²) in [7, 11) is 0. The van der Waals surface area contributed by atoms with Crippen LogP contribution in [0.15, 0.2) is 186 Å². The van der Waals surface area contributed by atoms with E-state index in [0.29, 0.717) is 28.9 Å². The largest absolute Gasteiger partial charge is 0.435 e. The molecule has 53 heavy (non-hydrogen) atoms. The van der Waals surface area contributed by atoms with Gasteiger partial charge in [0.15, 0.2) is 23.1 Å². The number of hydrogen-bond acceptors (Lipinski definition) is 5. The maximum Gasteiger partial charge on any atom is 0.227 e. The zero-order chi connectivity index (χ0) is 35.1. The molecule has 0 aliphatic heterocycles. The van der Waals surface area contributed by atoms with Crippen LogP contribution in [-0.2, 0) is 0 Å². The van der Waals surface area contributed by atoms with Gasteiger partial charge in [-0.1, -0.05) is 152 Å². The van der Waals surface area contributed by atoms with E-state index in [0.717, 1.165) is 71.6 Å². The van der Waals surface area contributed by atoms with Crippen LogP contribution in [0.2, 0.25) is 0 Å². The molecular weight excluding hydrogens is 649 g/mol. The lowest BCUT2D eigenvalue weighted by atomic mass is 9.94. The fourth-order valence-corrected chi connectivity index (χ4v) is 7.22. The third-order valence-electron chi connectivity index (χ3n) is 9.77. The van der Waals surface area contributed by atoms with Crippen molar-refractivity contribution in [3.05, 3.63) is 182 Å². The van der Waals surface area contributed by atoms with E-state index in [1.54, 1.807) is 0 Å². The predicted molar refractivity (Wildman–Crippen MR) is 215 cm³/mol. The van der Waals surface area contributed by atoms with Gasteiger partial charge in [-0.3, -0.25) is 0 Å². The molecule has 0 spiro atoms. The van der Waals surface area contributed by atoms with Crippen molar-refractivity contribution in [2.75, 3.05) is 0 Å². The van der Waals surface area contributed by atoms with Gasteiger partial charge in [-0.15, -0.1) is 0 Å². The molecule has 5 nitrogen and oxygen atoms in total. The number of rotatable bonds is 6. The molecule has 0 amide bonds. The molecule has 10 aromatic rings. The summed E-state index contributed by atoms with van der Waals surface area (Å²) in [6.07, 6.45) is 0. The summed E-state index contributed by atoms with van der Waals surface area (Å²) in [5.41, 5.74) is 9.60. The van der Waals surface area contributed by atoms with Crippen LogP contribution in [0.25, 0.3) is 101 Å². The topological polar surface area (TPSA) is 64.7 Å². The van der Waals surface area contributed by atoms with Crippen molar-refractivity contribution in [1.82, 2.24) is 19.9 Å². The van der Waals surface area contributed by atoms with Gasteiger partial charge < -0.3 is 4.42 Å². The molecule has 0 radical (unpaired) electrons. The summed E-state index contributed by atoms with van der Waals surface area (Å²) in [5.74, 6) is 2.31. The number of aromatic nitrogens is 4. The summed E-state index contributed by atoms with van der Waals surface area (Å²) in [6, 6.07) is 62.3. The zero-order valence-electron chi connectivity index (χ0n) is 28.5. The van der Waals surface area contributed by atoms with Gasteiger partial charge in [0.25, 0.3) is 0 Å². The second-order valence-corrected chi connectivity index (χ2v) is 13.0. The molecule has 5 heteroatoms. The lowest BCUT2D eigenvalue weighted by molar-refractivity contribution is 0.623. The number of hydrogen-bond donors (Lipinski definition) is 0. The number of nitrogens with zero attached hydrogens (tertiary/aromatic N) is 4. The van der Waals surface area contributed by atoms with Crippen molar-refractivity contribution < 1.29 is 4.42 Å². The van der Waals surface area contributed by atoms with Crippen molar-refractivity contribution in [2.45, 2.75) is 0 Å². The zero-order valence-corrected chi connectivity index (χ0v) is 28.5. The average Bonchev–Trinajstić information content (AvgIpc) is 3.69. The molecule has 0 bridgehead atoms. The molecule has 0 N–H and O–H groups in total. The smallest absolute Gasteiger partial charge is 0.227 e. The Hall–Kier alpha value is -7.24. The van der Waals surface area contributed by atoms with E-state index in [-0.39, 0.29) is 0 Å². The van der Waals surface area contributed by atoms with Gasteiger partial charge in [0.05, 0.1) is 0 Å². The van der Waals surface area contributed by atoms with Crippen LogP contribution in [-0.4, -0.2) is 19.9 Å². The van der Waals surface area contributed by atoms with Gasteiger partial charge in [0, 0.05) is 27.6 Å². The lowest BCUT2D eigenvalue weighted by Gasteiger charge is -2.14. The summed E-state index contributed by atoms with van der Waals surface area (Å²) in [5, 5.41) is 4.12. The van der Waals surface area contributed by atoms with Crippen molar-refractivity contribution in [3.8, 4) is 67.9 Å². The Bertz CT molecular complexity index is 2940. The number of fused-ring (bicyclic) bond motifs is 4. The number of oxazole rings is 1. The molecule has 0 aliphatic rings. The van der Waals surface area contributed by atoms with Gasteiger partial charge in [0.2, 0.25) is 5.89 Å². The first kappa shape index (κ1) is 30.6. The maximum absolute atomic E-state index is 6.55. The molecule has 0 atom stereocenters. The van der Waals surface area contributed by atoms with Gasteiger partial charge in [-0.2, -0.15) is 0 Å². The highest BCUT2D eigenvalue weighted by Crippen LogP contribution is 2.39. The van der Waals surface area contributed by atoms with Crippen molar-refractivity contribution in [3.63, 3.8) is 0 Å². The van der Waals surface area contributed by atoms with Crippen molar-refractivity contribution in [1.29, 1.82) is 0 Å². The Kier molecular flexibility index (Phi) is 7.40. The van der Waals surface area contributed by atoms with E-state index in [2.05, 4.69) is 127 Å². The Balaban J connectivity index is 1.22. The highest BCUT2D eigenvalue weighted by molar-refractivity contribution is 6.11. The maximum atomic E-state index is 6.55. The Morgan fingerprint density at radius 1 is 0.340 bits per heavy atom. The van der Waals surface area contributed by atoms with E-state index in [1.807, 2.05) is 54.6 Å². The summed E-state index contributed by atoms with van der Waals surface area (Å²) < 4.78 is 6.55. The molecule has 248 valence electrons. The molecule has 0 saturated carbocycles. The molecule has 2 aromatic heterocycles. The fraction of sp³-hybridized carbons (Fsp3) is 0. The Morgan fingerprint density at radius 3 is 1.66 bits per heavy atom. The third kappa shape index (κ3) is 5.52. The van der Waals surface area contributed by atoms with Gasteiger partial charge in [-0.05, 0) is 68.7 Å². The van der Waals surface area contributed by atoms with Gasteiger partial charge >= 0.3 is 0 Å². The average molecular weight is 679 g/mol. The first-order valence-electron chi connectivity index (χ1n) is 17.6. The Labute approximate surface area is 305 Å². The van der Waals surface area contributed by atoms with E-state index in [4.69, 9.17) is 24.4 Å². The van der Waals surface area contributed by atoms with Gasteiger partial charge in [-0.25, -0.2) is 19.9 Å². The van der Waals surface area contributed by atoms with Crippen LogP contribution in [0.1, 0.15) is 0 Å². The monoisotopic (exact) mass is 678 g/mol. The molecular formula is C48H30N4O. The Morgan fingerprint density at radius 2 is 0.906 bits per heavy atom. The summed E-state index contributed by atoms with van der Waals surface area (Å²) >= 11 is 0. The van der Waals surface area contributed by atoms with E-state index >= 15 is 0 Å². The van der Waals surface area contributed by atoms with Crippen LogP contribution < -0.4 is 0 Å². The summed E-state index contributed by atoms with van der Waals surface area (Å²) in [4.78, 5) is 20.6. The molecule has 0 unspecified atom stereocenters. The minimum Gasteiger partial charge on any atom is -0.435 e. The third-order valence-corrected chi connectivity index (χ3v) is 9.77. The highest BCUT2D eigenvalue weighted by Gasteiger charge is 2.20. The molecule has 2 heterocycles. The second kappa shape index (κ2) is 12.8. The van der Waals surface area contributed by atoms with E-state index in [1.165, 1.54) is 0 Å². The number of benzene rings is 8. The molecule has 0 aliphatic carbocycles. The minimum absolute atomic E-state index is 0.557. The fourth-order valence-electron chi connectivity index (χ4n) is 7.22.